The van der Waals surface area contributed by atoms with Crippen LogP contribution in [-0.4, -0.2) is 204 Å². The maximum absolute atomic E-state index is 14.8. The maximum atomic E-state index is 14.8. The number of guanidine groups is 1. The minimum absolute atomic E-state index is 0.0297. The molecule has 0 aliphatic carbocycles. The molecule has 0 spiro atoms. The number of nitrogens with two attached hydrogens (primary N) is 5. The van der Waals surface area contributed by atoms with Crippen LogP contribution in [0.2, 0.25) is 0 Å². The van der Waals surface area contributed by atoms with Gasteiger partial charge in [-0.15, -0.1) is 0 Å². The van der Waals surface area contributed by atoms with E-state index in [9.17, 15) is 77.6 Å². The quantitative estimate of drug-likeness (QED) is 0.0168. The number of amides is 11. The summed E-state index contributed by atoms with van der Waals surface area (Å²) in [6, 6.07) is -16.2. The Labute approximate surface area is 557 Å². The van der Waals surface area contributed by atoms with Gasteiger partial charge in [0, 0.05) is 49.6 Å². The topological polar surface area (TPSA) is 603 Å². The number of aromatic amines is 2. The summed E-state index contributed by atoms with van der Waals surface area (Å²) in [7, 11) is 0. The predicted octanol–water partition coefficient (Wildman–Crippen LogP) is -4.72. The Hall–Kier alpha value is -9.32. The Balaban J connectivity index is 2.56. The first-order valence-corrected chi connectivity index (χ1v) is 32.0. The van der Waals surface area contributed by atoms with Crippen LogP contribution in [0, 0.1) is 23.7 Å². The van der Waals surface area contributed by atoms with Gasteiger partial charge in [-0.1, -0.05) is 61.8 Å². The first-order valence-electron chi connectivity index (χ1n) is 32.0. The van der Waals surface area contributed by atoms with Crippen molar-refractivity contribution in [3.63, 3.8) is 0 Å². The van der Waals surface area contributed by atoms with E-state index in [1.54, 1.807) is 55.4 Å². The van der Waals surface area contributed by atoms with E-state index >= 15 is 0 Å². The SMILES string of the molecule is CC[C@H](C)[C@H](NC(=O)[C@H](CCCCN)NC(=O)[C@@H](N)Cc1cnc[nH]1)C(=O)N[C@@H](CC(C)C)C(=O)N[C@@H](Cc1cnc[nH]1)C(=O)N[C@@H](CCCN=C(N)N)C(=O)N[C@@H](CC(C)C)C(=O)N[C@@H](CC(C)C)C(=O)N[C@@H](CCC(N)=O)C(=O)N[C@@H](CC(=O)O)C(=O)N[C@@H](CO)C(=O)O. The molecule has 2 heterocycles. The number of primary amides is 1. The molecule has 0 unspecified atom stereocenters. The van der Waals surface area contributed by atoms with Gasteiger partial charge in [0.05, 0.1) is 31.7 Å². The number of H-pyrrole nitrogens is 2. The van der Waals surface area contributed by atoms with Crippen molar-refractivity contribution in [3.8, 4) is 0 Å². The third-order valence-electron chi connectivity index (χ3n) is 15.0. The summed E-state index contributed by atoms with van der Waals surface area (Å²) in [6.45, 7) is 13.1. The molecule has 0 fully saturated rings. The summed E-state index contributed by atoms with van der Waals surface area (Å²) in [6.07, 6.45) is 4.68. The number of rotatable bonds is 47. The number of carbonyl (C=O) groups excluding carboxylic acids is 11. The molecular formula is C60H102N20O16. The van der Waals surface area contributed by atoms with Gasteiger partial charge in [0.1, 0.15) is 60.4 Å². The van der Waals surface area contributed by atoms with Gasteiger partial charge in [0.2, 0.25) is 65.0 Å². The molecule has 0 aromatic carbocycles. The first-order chi connectivity index (χ1) is 45.2. The minimum atomic E-state index is -1.96. The molecule has 2 rings (SSSR count). The number of carbonyl (C=O) groups is 13. The number of aromatic nitrogens is 4. The average Bonchev–Trinajstić information content (AvgIpc) is 1.80. The van der Waals surface area contributed by atoms with Gasteiger partial charge < -0.3 is 107 Å². The molecule has 25 N–H and O–H groups in total. The van der Waals surface area contributed by atoms with Crippen LogP contribution in [0.25, 0.3) is 0 Å². The van der Waals surface area contributed by atoms with Gasteiger partial charge in [-0.05, 0) is 88.0 Å². The summed E-state index contributed by atoms with van der Waals surface area (Å²) in [4.78, 5) is 194. The molecule has 0 radical (unpaired) electrons. The monoisotopic (exact) mass is 1360 g/mol. The highest BCUT2D eigenvalue weighted by Gasteiger charge is 2.38. The Morgan fingerprint density at radius 3 is 1.32 bits per heavy atom. The fraction of sp³-hybridized carbons (Fsp3) is 0.667. The highest BCUT2D eigenvalue weighted by atomic mass is 16.4. The molecule has 2 aromatic heterocycles. The third kappa shape index (κ3) is 31.3. The van der Waals surface area contributed by atoms with Crippen LogP contribution >= 0.6 is 0 Å². The van der Waals surface area contributed by atoms with Crippen molar-refractivity contribution in [1.82, 2.24) is 73.1 Å². The molecule has 0 saturated carbocycles. The summed E-state index contributed by atoms with van der Waals surface area (Å²) in [5.41, 5.74) is 29.5. The zero-order valence-electron chi connectivity index (χ0n) is 55.9. The van der Waals surface area contributed by atoms with Gasteiger partial charge in [-0.2, -0.15) is 0 Å². The molecule has 96 heavy (non-hydrogen) atoms. The Morgan fingerprint density at radius 1 is 0.500 bits per heavy atom. The molecule has 0 aliphatic heterocycles. The van der Waals surface area contributed by atoms with E-state index < -0.39 is 175 Å². The maximum Gasteiger partial charge on any atom is 0.328 e. The largest absolute Gasteiger partial charge is 0.481 e. The smallest absolute Gasteiger partial charge is 0.328 e. The highest BCUT2D eigenvalue weighted by Crippen LogP contribution is 2.16. The Bertz CT molecular complexity index is 2890. The van der Waals surface area contributed by atoms with Gasteiger partial charge in [-0.25, -0.2) is 14.8 Å². The number of hydrogen-bond acceptors (Lipinski definition) is 19. The van der Waals surface area contributed by atoms with Gasteiger partial charge in [0.15, 0.2) is 5.96 Å². The number of aliphatic imine (C=N–C) groups is 1. The summed E-state index contributed by atoms with van der Waals surface area (Å²) in [5, 5.41) is 53.7. The highest BCUT2D eigenvalue weighted by molar-refractivity contribution is 5.99. The number of carboxylic acids is 2. The van der Waals surface area contributed by atoms with Gasteiger partial charge in [0.25, 0.3) is 0 Å². The fourth-order valence-electron chi connectivity index (χ4n) is 9.72. The number of carboxylic acid groups (broad SMARTS) is 2. The second-order valence-corrected chi connectivity index (χ2v) is 24.8. The molecule has 0 saturated heterocycles. The number of aliphatic hydroxyl groups excluding tert-OH is 1. The van der Waals surface area contributed by atoms with E-state index in [1.807, 2.05) is 5.32 Å². The van der Waals surface area contributed by atoms with E-state index in [1.165, 1.54) is 25.0 Å². The van der Waals surface area contributed by atoms with Crippen LogP contribution < -0.4 is 81.8 Å². The lowest BCUT2D eigenvalue weighted by molar-refractivity contribution is -0.144. The van der Waals surface area contributed by atoms with Crippen molar-refractivity contribution in [2.75, 3.05) is 19.7 Å². The number of aliphatic carboxylic acids is 2. The number of unbranched alkanes of at least 4 members (excludes halogenated alkanes) is 1. The first kappa shape index (κ1) is 82.8. The molecular weight excluding hydrogens is 1260 g/mol. The lowest BCUT2D eigenvalue weighted by Gasteiger charge is -2.30. The zero-order valence-corrected chi connectivity index (χ0v) is 55.9. The van der Waals surface area contributed by atoms with E-state index in [-0.39, 0.29) is 81.6 Å². The average molecular weight is 1360 g/mol. The van der Waals surface area contributed by atoms with Crippen LogP contribution in [0.5, 0.6) is 0 Å². The van der Waals surface area contributed by atoms with Crippen LogP contribution in [-0.2, 0) is 75.2 Å². The van der Waals surface area contributed by atoms with E-state index in [2.05, 4.69) is 72.8 Å². The molecule has 11 amide bonds. The second-order valence-electron chi connectivity index (χ2n) is 24.8. The molecule has 36 nitrogen and oxygen atoms in total. The number of nitrogens with zero attached hydrogens (tertiary/aromatic N) is 3. The molecule has 538 valence electrons. The van der Waals surface area contributed by atoms with Crippen LogP contribution in [0.1, 0.15) is 144 Å². The molecule has 2 aromatic rings. The van der Waals surface area contributed by atoms with Gasteiger partial charge in [-0.3, -0.25) is 62.5 Å². The Morgan fingerprint density at radius 2 is 0.896 bits per heavy atom. The van der Waals surface area contributed by atoms with Crippen molar-refractivity contribution in [2.24, 2.45) is 57.3 Å². The summed E-state index contributed by atoms with van der Waals surface area (Å²) in [5.74, 6) is -15.1. The molecule has 12 atom stereocenters. The minimum Gasteiger partial charge on any atom is -0.481 e. The summed E-state index contributed by atoms with van der Waals surface area (Å²) >= 11 is 0. The van der Waals surface area contributed by atoms with E-state index in [0.29, 0.717) is 37.2 Å². The van der Waals surface area contributed by atoms with Crippen molar-refractivity contribution < 1.29 is 77.6 Å². The van der Waals surface area contributed by atoms with Crippen molar-refractivity contribution in [2.45, 2.75) is 212 Å². The Kier molecular flexibility index (Phi) is 37.0. The lowest BCUT2D eigenvalue weighted by atomic mass is 9.96. The van der Waals surface area contributed by atoms with Gasteiger partial charge >= 0.3 is 11.9 Å². The number of hydrogen-bond donors (Lipinski definition) is 20. The van der Waals surface area contributed by atoms with Crippen LogP contribution in [0.4, 0.5) is 0 Å². The standard InChI is InChI=1S/C60H102N20O16/c1-9-33(8)48(80-52(88)37(13-10-11-17-61)71-49(85)36(62)22-34-25-66-28-69-34)58(94)78-42(21-32(6)7)55(91)76-43(23-35-26-67-29-70-35)56(92)72-38(14-12-18-68-60(64)65)50(86)74-41(20-31(4)5)54(90)75-40(19-30(2)3)53(89)73-39(15-16-46(63)82)51(87)77-44(24-47(83)84)57(93)79-45(27-81)59(95)96/h25-26,28-33,36-45,48,81H,9-24,27,61-62H2,1-8H3,(H2,63,82)(H,66,69)(H,67,70)(H,71,85)(H,72,92)(H,73,89)(H,74,86)(H,75,90)(H,76,91)(H,77,87)(H,78,94)(H,79,93)(H,80,88)(H,83,84)(H,95,96)(H4,64,65,68)/t33-,36-,37-,38-,39-,40-,41-,42-,43-,44-,45-,48-/m0/s1. The number of nitrogens with one attached hydrogen (secondary N) is 12. The summed E-state index contributed by atoms with van der Waals surface area (Å²) < 4.78 is 0. The molecule has 36 heteroatoms. The van der Waals surface area contributed by atoms with E-state index in [4.69, 9.17) is 28.7 Å². The van der Waals surface area contributed by atoms with Crippen LogP contribution in [0.15, 0.2) is 30.0 Å². The van der Waals surface area contributed by atoms with Crippen molar-refractivity contribution >= 4 is 82.9 Å². The number of aliphatic hydroxyl groups is 1. The van der Waals surface area contributed by atoms with E-state index in [0.717, 1.165) is 0 Å². The molecule has 0 aliphatic rings. The van der Waals surface area contributed by atoms with Crippen molar-refractivity contribution in [1.29, 1.82) is 0 Å². The molecule has 0 bridgehead atoms. The predicted molar refractivity (Wildman–Crippen MR) is 348 cm³/mol. The number of imidazole rings is 2. The van der Waals surface area contributed by atoms with Crippen LogP contribution in [0.3, 0.4) is 0 Å². The normalized spacial score (nSPS) is 15.0. The van der Waals surface area contributed by atoms with Crippen molar-refractivity contribution in [3.05, 3.63) is 36.4 Å². The fourth-order valence-corrected chi connectivity index (χ4v) is 9.72. The lowest BCUT2D eigenvalue weighted by Crippen LogP contribution is -2.61. The zero-order chi connectivity index (χ0) is 72.4. The second kappa shape index (κ2) is 42.9. The third-order valence-corrected chi connectivity index (χ3v) is 15.0.